The van der Waals surface area contributed by atoms with Crippen molar-refractivity contribution in [3.63, 3.8) is 0 Å². The molecule has 1 aromatic rings. The molecule has 1 atom stereocenters. The Bertz CT molecular complexity index is 549. The lowest BCUT2D eigenvalue weighted by atomic mass is 10.1. The summed E-state index contributed by atoms with van der Waals surface area (Å²) in [5.74, 6) is 0.0569. The molecule has 0 bridgehead atoms. The fourth-order valence-corrected chi connectivity index (χ4v) is 2.81. The molecule has 0 spiro atoms. The number of piperazine rings is 1. The summed E-state index contributed by atoms with van der Waals surface area (Å²) in [7, 11) is 0. The van der Waals surface area contributed by atoms with Gasteiger partial charge < -0.3 is 15.5 Å². The third-order valence-corrected chi connectivity index (χ3v) is 4.04. The van der Waals surface area contributed by atoms with E-state index in [1.807, 2.05) is 24.0 Å². The van der Waals surface area contributed by atoms with Gasteiger partial charge in [-0.1, -0.05) is 0 Å². The van der Waals surface area contributed by atoms with Crippen LogP contribution in [0.3, 0.4) is 0 Å². The normalized spacial score (nSPS) is 21.3. The lowest BCUT2D eigenvalue weighted by molar-refractivity contribution is 0.0656. The molecule has 22 heavy (non-hydrogen) atoms. The van der Waals surface area contributed by atoms with Crippen molar-refractivity contribution in [3.8, 4) is 0 Å². The molecule has 120 valence electrons. The second-order valence-electron chi connectivity index (χ2n) is 5.48. The first-order chi connectivity index (χ1) is 10.2. The molecular weight excluding hydrogens is 304 g/mol. The Morgan fingerprint density at radius 2 is 1.91 bits per heavy atom. The van der Waals surface area contributed by atoms with Gasteiger partial charge in [0.1, 0.15) is 0 Å². The summed E-state index contributed by atoms with van der Waals surface area (Å²) in [6.07, 6.45) is 0. The maximum atomic E-state index is 12.5. The minimum absolute atomic E-state index is 0. The van der Waals surface area contributed by atoms with Crippen molar-refractivity contribution in [1.82, 2.24) is 15.5 Å². The van der Waals surface area contributed by atoms with Gasteiger partial charge in [0.15, 0.2) is 0 Å². The first-order valence-electron chi connectivity index (χ1n) is 7.34. The zero-order chi connectivity index (χ0) is 14.8. The predicted octanol–water partition coefficient (Wildman–Crippen LogP) is 1.07. The first-order valence-corrected chi connectivity index (χ1v) is 7.34. The first kappa shape index (κ1) is 16.6. The van der Waals surface area contributed by atoms with Gasteiger partial charge in [-0.25, -0.2) is 4.79 Å². The highest BCUT2D eigenvalue weighted by Crippen LogP contribution is 2.19. The molecular formula is C15H21ClN4O2. The van der Waals surface area contributed by atoms with E-state index in [0.717, 1.165) is 25.3 Å². The van der Waals surface area contributed by atoms with Crippen LogP contribution in [-0.2, 0) is 0 Å². The number of anilines is 1. The van der Waals surface area contributed by atoms with Crippen molar-refractivity contribution in [3.05, 3.63) is 29.8 Å². The number of hydrogen-bond acceptors (Lipinski definition) is 3. The number of carbonyl (C=O) groups excluding carboxylic acids is 2. The highest BCUT2D eigenvalue weighted by atomic mass is 35.5. The molecule has 1 aromatic carbocycles. The maximum Gasteiger partial charge on any atom is 0.321 e. The van der Waals surface area contributed by atoms with Gasteiger partial charge in [0.05, 0.1) is 0 Å². The summed E-state index contributed by atoms with van der Waals surface area (Å²) < 4.78 is 0. The van der Waals surface area contributed by atoms with Crippen molar-refractivity contribution in [1.29, 1.82) is 0 Å². The van der Waals surface area contributed by atoms with Crippen LogP contribution in [0.15, 0.2) is 24.3 Å². The van der Waals surface area contributed by atoms with Gasteiger partial charge in [0, 0.05) is 50.0 Å². The summed E-state index contributed by atoms with van der Waals surface area (Å²) in [4.78, 5) is 27.7. The molecule has 0 aromatic heterocycles. The van der Waals surface area contributed by atoms with Gasteiger partial charge in [-0.15, -0.1) is 12.4 Å². The molecule has 3 rings (SSSR count). The lowest BCUT2D eigenvalue weighted by Gasteiger charge is -2.34. The smallest absolute Gasteiger partial charge is 0.321 e. The molecule has 0 aliphatic carbocycles. The quantitative estimate of drug-likeness (QED) is 0.855. The zero-order valence-electron chi connectivity index (χ0n) is 12.5. The number of carbonyl (C=O) groups is 2. The Hall–Kier alpha value is -1.79. The molecule has 0 saturated carbocycles. The molecule has 7 heteroatoms. The van der Waals surface area contributed by atoms with Gasteiger partial charge in [0.25, 0.3) is 5.91 Å². The SMILES string of the molecule is C[C@@H]1CNCCN1C(=O)c1ccc(N2CCNC2=O)cc1.Cl. The second kappa shape index (κ2) is 6.98. The van der Waals surface area contributed by atoms with Crippen LogP contribution in [0.25, 0.3) is 0 Å². The van der Waals surface area contributed by atoms with Crippen molar-refractivity contribution in [2.45, 2.75) is 13.0 Å². The van der Waals surface area contributed by atoms with E-state index in [2.05, 4.69) is 10.6 Å². The minimum atomic E-state index is -0.0789. The fraction of sp³-hybridized carbons (Fsp3) is 0.467. The summed E-state index contributed by atoms with van der Waals surface area (Å²) in [5, 5.41) is 6.04. The summed E-state index contributed by atoms with van der Waals surface area (Å²) >= 11 is 0. The van der Waals surface area contributed by atoms with E-state index in [4.69, 9.17) is 0 Å². The van der Waals surface area contributed by atoms with E-state index in [1.165, 1.54) is 0 Å². The standard InChI is InChI=1S/C15H20N4O2.ClH/c1-11-10-16-6-8-18(11)14(20)12-2-4-13(5-3-12)19-9-7-17-15(19)21;/h2-5,11,16H,6-10H2,1H3,(H,17,21);1H/t11-;/m1./s1. The Kier molecular flexibility index (Phi) is 5.26. The highest BCUT2D eigenvalue weighted by Gasteiger charge is 2.25. The van der Waals surface area contributed by atoms with Crippen molar-refractivity contribution < 1.29 is 9.59 Å². The Morgan fingerprint density at radius 3 is 2.50 bits per heavy atom. The van der Waals surface area contributed by atoms with Gasteiger partial charge in [-0.05, 0) is 31.2 Å². The summed E-state index contributed by atoms with van der Waals surface area (Å²) in [6, 6.07) is 7.41. The van der Waals surface area contributed by atoms with Crippen LogP contribution in [0.5, 0.6) is 0 Å². The van der Waals surface area contributed by atoms with E-state index in [1.54, 1.807) is 17.0 Å². The third-order valence-electron chi connectivity index (χ3n) is 4.04. The average molecular weight is 325 g/mol. The monoisotopic (exact) mass is 324 g/mol. The number of benzene rings is 1. The van der Waals surface area contributed by atoms with E-state index in [0.29, 0.717) is 18.7 Å². The average Bonchev–Trinajstić information content (AvgIpc) is 2.93. The van der Waals surface area contributed by atoms with Crippen LogP contribution in [0.2, 0.25) is 0 Å². The molecule has 2 saturated heterocycles. The number of nitrogens with zero attached hydrogens (tertiary/aromatic N) is 2. The van der Waals surface area contributed by atoms with Gasteiger partial charge in [-0.3, -0.25) is 9.69 Å². The van der Waals surface area contributed by atoms with E-state index < -0.39 is 0 Å². The summed E-state index contributed by atoms with van der Waals surface area (Å²) in [5.41, 5.74) is 1.50. The summed E-state index contributed by atoms with van der Waals surface area (Å²) in [6.45, 7) is 5.78. The predicted molar refractivity (Wildman–Crippen MR) is 87.8 cm³/mol. The van der Waals surface area contributed by atoms with E-state index >= 15 is 0 Å². The van der Waals surface area contributed by atoms with E-state index in [-0.39, 0.29) is 30.4 Å². The van der Waals surface area contributed by atoms with Gasteiger partial charge in [-0.2, -0.15) is 0 Å². The Balaban J connectivity index is 0.00000176. The number of hydrogen-bond donors (Lipinski definition) is 2. The van der Waals surface area contributed by atoms with E-state index in [9.17, 15) is 9.59 Å². The molecule has 0 unspecified atom stereocenters. The number of urea groups is 1. The number of nitrogens with one attached hydrogen (secondary N) is 2. The van der Waals surface area contributed by atoms with Crippen molar-refractivity contribution >= 4 is 30.0 Å². The Labute approximate surface area is 136 Å². The van der Waals surface area contributed by atoms with Crippen LogP contribution < -0.4 is 15.5 Å². The molecule has 2 fully saturated rings. The van der Waals surface area contributed by atoms with Crippen LogP contribution in [0.1, 0.15) is 17.3 Å². The molecule has 3 amide bonds. The number of amides is 3. The Morgan fingerprint density at radius 1 is 1.18 bits per heavy atom. The van der Waals surface area contributed by atoms with Crippen LogP contribution in [0, 0.1) is 0 Å². The fourth-order valence-electron chi connectivity index (χ4n) is 2.81. The largest absolute Gasteiger partial charge is 0.336 e. The maximum absolute atomic E-state index is 12.5. The lowest BCUT2D eigenvalue weighted by Crippen LogP contribution is -2.52. The zero-order valence-corrected chi connectivity index (χ0v) is 13.4. The van der Waals surface area contributed by atoms with Crippen LogP contribution in [0.4, 0.5) is 10.5 Å². The second-order valence-corrected chi connectivity index (χ2v) is 5.48. The van der Waals surface area contributed by atoms with Crippen molar-refractivity contribution in [2.24, 2.45) is 0 Å². The van der Waals surface area contributed by atoms with Gasteiger partial charge in [0.2, 0.25) is 0 Å². The van der Waals surface area contributed by atoms with Crippen LogP contribution in [-0.4, -0.2) is 55.6 Å². The highest BCUT2D eigenvalue weighted by molar-refractivity contribution is 5.97. The molecule has 2 heterocycles. The molecule has 0 radical (unpaired) electrons. The number of halogens is 1. The van der Waals surface area contributed by atoms with Crippen molar-refractivity contribution in [2.75, 3.05) is 37.6 Å². The van der Waals surface area contributed by atoms with Crippen LogP contribution >= 0.6 is 12.4 Å². The molecule has 2 N–H and O–H groups in total. The minimum Gasteiger partial charge on any atom is -0.336 e. The topological polar surface area (TPSA) is 64.7 Å². The van der Waals surface area contributed by atoms with Gasteiger partial charge >= 0.3 is 6.03 Å². The third kappa shape index (κ3) is 3.18. The molecule has 6 nitrogen and oxygen atoms in total. The molecule has 2 aliphatic rings. The molecule has 2 aliphatic heterocycles. The number of rotatable bonds is 2.